The molecule has 0 saturated carbocycles. The zero-order chi connectivity index (χ0) is 22.1. The fraction of sp³-hybridized carbons (Fsp3) is 0.688. The number of carboxylic acid groups (broad SMARTS) is 2. The number of hydrogen-bond acceptors (Lipinski definition) is 6. The molecule has 1 aliphatic rings. The molecule has 0 aromatic rings. The summed E-state index contributed by atoms with van der Waals surface area (Å²) in [5.74, 6) is -4.13. The topological polar surface area (TPSA) is 156 Å². The predicted molar refractivity (Wildman–Crippen MR) is 90.3 cm³/mol. The van der Waals surface area contributed by atoms with Gasteiger partial charge in [0.1, 0.15) is 6.04 Å². The number of alkyl halides is 3. The number of halogens is 3. The number of aliphatic hydroxyl groups excluding tert-OH is 2. The lowest BCUT2D eigenvalue weighted by atomic mass is 9.89. The van der Waals surface area contributed by atoms with E-state index in [9.17, 15) is 27.9 Å². The molecule has 0 radical (unpaired) electrons. The summed E-state index contributed by atoms with van der Waals surface area (Å²) in [6, 6.07) is -1.76. The van der Waals surface area contributed by atoms with Crippen molar-refractivity contribution in [3.8, 4) is 0 Å². The SMILES string of the molecule is C/C=C\[C@@H]1C[C@H](C(=O)O)N[C@H]1[C@@H](NC(C)=O)[C@@H](O)CCO.O=C(O)C(F)(F)F. The smallest absolute Gasteiger partial charge is 0.480 e. The van der Waals surface area contributed by atoms with Crippen LogP contribution in [0.1, 0.15) is 26.7 Å². The Balaban J connectivity index is 0.000000887. The molecule has 1 aliphatic heterocycles. The lowest BCUT2D eigenvalue weighted by molar-refractivity contribution is -0.192. The third-order valence-corrected chi connectivity index (χ3v) is 3.94. The van der Waals surface area contributed by atoms with Gasteiger partial charge in [0.2, 0.25) is 5.91 Å². The van der Waals surface area contributed by atoms with Gasteiger partial charge in [0, 0.05) is 19.6 Å². The van der Waals surface area contributed by atoms with Crippen LogP contribution in [0, 0.1) is 5.92 Å². The Kier molecular flexibility index (Phi) is 10.7. The summed E-state index contributed by atoms with van der Waals surface area (Å²) < 4.78 is 31.7. The predicted octanol–water partition coefficient (Wildman–Crippen LogP) is -0.125. The number of amides is 1. The molecule has 1 fully saturated rings. The van der Waals surface area contributed by atoms with E-state index in [1.165, 1.54) is 6.92 Å². The summed E-state index contributed by atoms with van der Waals surface area (Å²) in [6.07, 6.45) is -1.82. The Morgan fingerprint density at radius 3 is 2.18 bits per heavy atom. The molecule has 1 heterocycles. The van der Waals surface area contributed by atoms with E-state index in [-0.39, 0.29) is 24.9 Å². The maximum Gasteiger partial charge on any atom is 0.490 e. The molecular weight excluding hydrogens is 389 g/mol. The standard InChI is InChI=1S/C14H24N2O5.C2HF3O2/c1-3-4-9-7-10(14(20)21)16-12(9)13(15-8(2)18)11(19)5-6-17;3-2(4,5)1(6)7/h3-4,9-13,16-17,19H,5-7H2,1-2H3,(H,15,18)(H,20,21);(H,6,7)/b4-3-;/t9-,10-,11+,12-,13+;/m1./s1. The maximum absolute atomic E-state index is 11.4. The van der Waals surface area contributed by atoms with Gasteiger partial charge in [-0.1, -0.05) is 12.2 Å². The van der Waals surface area contributed by atoms with Crippen LogP contribution in [0.15, 0.2) is 12.2 Å². The second kappa shape index (κ2) is 11.6. The van der Waals surface area contributed by atoms with Crippen LogP contribution in [0.2, 0.25) is 0 Å². The highest BCUT2D eigenvalue weighted by Crippen LogP contribution is 2.26. The average Bonchev–Trinajstić information content (AvgIpc) is 2.96. The highest BCUT2D eigenvalue weighted by Gasteiger charge is 2.42. The first kappa shape index (κ1) is 25.8. The molecular formula is C16H25F3N2O7. The Morgan fingerprint density at radius 2 is 1.82 bits per heavy atom. The molecule has 0 bridgehead atoms. The second-order valence-corrected chi connectivity index (χ2v) is 6.12. The molecule has 1 rings (SSSR count). The Hall–Kier alpha value is -2.18. The Bertz CT molecular complexity index is 569. The summed E-state index contributed by atoms with van der Waals surface area (Å²) in [4.78, 5) is 31.4. The summed E-state index contributed by atoms with van der Waals surface area (Å²) in [5.41, 5.74) is 0. The molecule has 1 saturated heterocycles. The third-order valence-electron chi connectivity index (χ3n) is 3.94. The van der Waals surface area contributed by atoms with Gasteiger partial charge >= 0.3 is 18.1 Å². The van der Waals surface area contributed by atoms with E-state index in [0.717, 1.165) is 0 Å². The molecule has 0 aromatic heterocycles. The van der Waals surface area contributed by atoms with Gasteiger partial charge in [0.05, 0.1) is 12.1 Å². The first-order valence-corrected chi connectivity index (χ1v) is 8.32. The van der Waals surface area contributed by atoms with Crippen molar-refractivity contribution in [1.82, 2.24) is 10.6 Å². The lowest BCUT2D eigenvalue weighted by Crippen LogP contribution is -2.56. The van der Waals surface area contributed by atoms with Crippen LogP contribution in [0.4, 0.5) is 13.2 Å². The van der Waals surface area contributed by atoms with Crippen molar-refractivity contribution in [3.05, 3.63) is 12.2 Å². The second-order valence-electron chi connectivity index (χ2n) is 6.12. The van der Waals surface area contributed by atoms with Gasteiger partial charge in [0.25, 0.3) is 0 Å². The number of rotatable bonds is 7. The number of carboxylic acids is 2. The number of nitrogens with one attached hydrogen (secondary N) is 2. The maximum atomic E-state index is 11.4. The third kappa shape index (κ3) is 8.67. The first-order valence-electron chi connectivity index (χ1n) is 8.32. The van der Waals surface area contributed by atoms with Crippen LogP contribution in [-0.2, 0) is 14.4 Å². The number of hydrogen-bond donors (Lipinski definition) is 6. The number of aliphatic hydroxyl groups is 2. The van der Waals surface area contributed by atoms with E-state index in [2.05, 4.69) is 10.6 Å². The van der Waals surface area contributed by atoms with E-state index in [0.29, 0.717) is 6.42 Å². The molecule has 6 N–H and O–H groups in total. The highest BCUT2D eigenvalue weighted by molar-refractivity contribution is 5.75. The van der Waals surface area contributed by atoms with Crippen molar-refractivity contribution in [2.24, 2.45) is 5.92 Å². The molecule has 12 heteroatoms. The molecule has 162 valence electrons. The highest BCUT2D eigenvalue weighted by atomic mass is 19.4. The van der Waals surface area contributed by atoms with Gasteiger partial charge in [-0.05, 0) is 25.7 Å². The summed E-state index contributed by atoms with van der Waals surface area (Å²) in [6.45, 7) is 2.97. The summed E-state index contributed by atoms with van der Waals surface area (Å²) in [5, 5.41) is 41.0. The van der Waals surface area contributed by atoms with E-state index in [1.54, 1.807) is 0 Å². The largest absolute Gasteiger partial charge is 0.490 e. The fourth-order valence-electron chi connectivity index (χ4n) is 2.80. The molecule has 1 amide bonds. The minimum Gasteiger partial charge on any atom is -0.480 e. The first-order chi connectivity index (χ1) is 12.8. The van der Waals surface area contributed by atoms with E-state index in [1.807, 2.05) is 19.1 Å². The van der Waals surface area contributed by atoms with Gasteiger partial charge in [-0.15, -0.1) is 0 Å². The normalized spacial score (nSPS) is 24.2. The molecule has 5 atom stereocenters. The fourth-order valence-corrected chi connectivity index (χ4v) is 2.80. The van der Waals surface area contributed by atoms with Crippen LogP contribution in [-0.4, -0.2) is 75.3 Å². The minimum absolute atomic E-state index is 0.110. The van der Waals surface area contributed by atoms with Gasteiger partial charge in [0.15, 0.2) is 0 Å². The molecule has 0 aromatic carbocycles. The number of carbonyl (C=O) groups excluding carboxylic acids is 1. The number of allylic oxidation sites excluding steroid dienone is 1. The zero-order valence-corrected chi connectivity index (χ0v) is 15.3. The Labute approximate surface area is 159 Å². The van der Waals surface area contributed by atoms with E-state index >= 15 is 0 Å². The van der Waals surface area contributed by atoms with Crippen LogP contribution < -0.4 is 10.6 Å². The van der Waals surface area contributed by atoms with Crippen molar-refractivity contribution in [2.75, 3.05) is 6.61 Å². The van der Waals surface area contributed by atoms with E-state index in [4.69, 9.17) is 20.1 Å². The molecule has 28 heavy (non-hydrogen) atoms. The van der Waals surface area contributed by atoms with Crippen molar-refractivity contribution in [3.63, 3.8) is 0 Å². The zero-order valence-electron chi connectivity index (χ0n) is 15.3. The molecule has 0 unspecified atom stereocenters. The molecule has 0 spiro atoms. The number of carbonyl (C=O) groups is 3. The monoisotopic (exact) mass is 414 g/mol. The summed E-state index contributed by atoms with van der Waals surface area (Å²) in [7, 11) is 0. The van der Waals surface area contributed by atoms with Gasteiger partial charge in [-0.2, -0.15) is 13.2 Å². The van der Waals surface area contributed by atoms with Crippen LogP contribution in [0.25, 0.3) is 0 Å². The minimum atomic E-state index is -5.08. The molecule has 9 nitrogen and oxygen atoms in total. The van der Waals surface area contributed by atoms with Crippen molar-refractivity contribution < 1.29 is 48.0 Å². The van der Waals surface area contributed by atoms with Gasteiger partial charge < -0.3 is 25.7 Å². The Morgan fingerprint density at radius 1 is 1.29 bits per heavy atom. The van der Waals surface area contributed by atoms with Gasteiger partial charge in [-0.25, -0.2) is 4.79 Å². The van der Waals surface area contributed by atoms with Crippen LogP contribution in [0.5, 0.6) is 0 Å². The van der Waals surface area contributed by atoms with Crippen molar-refractivity contribution in [1.29, 1.82) is 0 Å². The average molecular weight is 414 g/mol. The van der Waals surface area contributed by atoms with Crippen LogP contribution in [0.3, 0.4) is 0 Å². The van der Waals surface area contributed by atoms with Crippen molar-refractivity contribution >= 4 is 17.8 Å². The molecule has 0 aliphatic carbocycles. The van der Waals surface area contributed by atoms with Crippen molar-refractivity contribution in [2.45, 2.75) is 57.1 Å². The lowest BCUT2D eigenvalue weighted by Gasteiger charge is -2.31. The van der Waals surface area contributed by atoms with E-state index < -0.39 is 42.3 Å². The van der Waals surface area contributed by atoms with Gasteiger partial charge in [-0.3, -0.25) is 14.9 Å². The van der Waals surface area contributed by atoms with Crippen LogP contribution >= 0.6 is 0 Å². The quantitative estimate of drug-likeness (QED) is 0.315. The summed E-state index contributed by atoms with van der Waals surface area (Å²) >= 11 is 0. The number of aliphatic carboxylic acids is 2.